The number of amides is 2. The zero-order valence-corrected chi connectivity index (χ0v) is 11.4. The molecule has 1 aromatic rings. The lowest BCUT2D eigenvalue weighted by Crippen LogP contribution is -2.33. The highest BCUT2D eigenvalue weighted by atomic mass is 32.2. The number of thioether (sulfide) groups is 1. The monoisotopic (exact) mass is 279 g/mol. The van der Waals surface area contributed by atoms with E-state index >= 15 is 0 Å². The molecule has 0 bridgehead atoms. The van der Waals surface area contributed by atoms with Gasteiger partial charge in [0.05, 0.1) is 16.9 Å². The van der Waals surface area contributed by atoms with Crippen LogP contribution in [-0.2, 0) is 9.63 Å². The van der Waals surface area contributed by atoms with Crippen LogP contribution in [0.5, 0.6) is 0 Å². The van der Waals surface area contributed by atoms with Gasteiger partial charge >= 0.3 is 5.97 Å². The molecule has 0 spiro atoms. The molecule has 0 unspecified atom stereocenters. The Morgan fingerprint density at radius 2 is 1.74 bits per heavy atom. The van der Waals surface area contributed by atoms with E-state index in [0.717, 1.165) is 0 Å². The fourth-order valence-electron chi connectivity index (χ4n) is 1.61. The third-order valence-electron chi connectivity index (χ3n) is 2.48. The number of nitrogens with zero attached hydrogens (tertiary/aromatic N) is 1. The first-order valence-corrected chi connectivity index (χ1v) is 6.86. The van der Waals surface area contributed by atoms with Gasteiger partial charge in [0.2, 0.25) is 0 Å². The summed E-state index contributed by atoms with van der Waals surface area (Å²) in [6.45, 7) is 3.89. The van der Waals surface area contributed by atoms with E-state index in [1.54, 1.807) is 12.1 Å². The van der Waals surface area contributed by atoms with E-state index in [4.69, 9.17) is 4.84 Å². The maximum absolute atomic E-state index is 11.9. The van der Waals surface area contributed by atoms with Gasteiger partial charge in [0.1, 0.15) is 0 Å². The third-order valence-corrected chi connectivity index (χ3v) is 3.55. The van der Waals surface area contributed by atoms with Crippen LogP contribution in [0.2, 0.25) is 0 Å². The van der Waals surface area contributed by atoms with Crippen LogP contribution in [0, 0.1) is 0 Å². The zero-order valence-electron chi connectivity index (χ0n) is 10.6. The number of imide groups is 1. The summed E-state index contributed by atoms with van der Waals surface area (Å²) in [5, 5.41) is 0.808. The second kappa shape index (κ2) is 5.44. The Morgan fingerprint density at radius 3 is 2.21 bits per heavy atom. The first kappa shape index (κ1) is 13.6. The molecular weight excluding hydrogens is 266 g/mol. The molecule has 1 heterocycles. The first-order chi connectivity index (χ1) is 9.00. The molecule has 1 aliphatic rings. The van der Waals surface area contributed by atoms with E-state index in [1.807, 2.05) is 13.8 Å². The van der Waals surface area contributed by atoms with E-state index in [9.17, 15) is 14.4 Å². The van der Waals surface area contributed by atoms with Crippen molar-refractivity contribution >= 4 is 29.5 Å². The van der Waals surface area contributed by atoms with E-state index in [0.29, 0.717) is 5.06 Å². The zero-order chi connectivity index (χ0) is 14.0. The van der Waals surface area contributed by atoms with E-state index in [-0.39, 0.29) is 22.1 Å². The van der Waals surface area contributed by atoms with Crippen LogP contribution in [0.1, 0.15) is 34.6 Å². The average molecular weight is 279 g/mol. The molecule has 0 saturated heterocycles. The third kappa shape index (κ3) is 2.78. The molecule has 19 heavy (non-hydrogen) atoms. The number of rotatable bonds is 4. The van der Waals surface area contributed by atoms with Gasteiger partial charge in [-0.3, -0.25) is 9.59 Å². The predicted octanol–water partition coefficient (Wildman–Crippen LogP) is 1.88. The quantitative estimate of drug-likeness (QED) is 0.787. The maximum atomic E-state index is 11.9. The minimum Gasteiger partial charge on any atom is -0.329 e. The standard InChI is InChI=1S/C13H13NO4S/c1-8(2)19-7-11(15)18-14-12(16)9-5-3-4-6-10(9)13(14)17/h3-6,8H,7H2,1-2H3. The Labute approximate surface area is 114 Å². The summed E-state index contributed by atoms with van der Waals surface area (Å²) in [6, 6.07) is 6.38. The lowest BCUT2D eigenvalue weighted by Gasteiger charge is -2.12. The average Bonchev–Trinajstić information content (AvgIpc) is 2.62. The molecule has 6 heteroatoms. The minimum atomic E-state index is -0.604. The van der Waals surface area contributed by atoms with Crippen LogP contribution in [0.15, 0.2) is 24.3 Å². The Kier molecular flexibility index (Phi) is 3.90. The molecule has 0 fully saturated rings. The molecule has 2 amide bonds. The molecule has 0 aromatic heterocycles. The smallest absolute Gasteiger partial charge is 0.329 e. The van der Waals surface area contributed by atoms with Crippen LogP contribution >= 0.6 is 11.8 Å². The van der Waals surface area contributed by atoms with Crippen LogP contribution < -0.4 is 0 Å². The summed E-state index contributed by atoms with van der Waals surface area (Å²) in [5.41, 5.74) is 0.522. The highest BCUT2D eigenvalue weighted by Gasteiger charge is 2.38. The summed E-state index contributed by atoms with van der Waals surface area (Å²) >= 11 is 1.39. The number of hydroxylamine groups is 2. The Morgan fingerprint density at radius 1 is 1.21 bits per heavy atom. The van der Waals surface area contributed by atoms with Gasteiger partial charge in [-0.2, -0.15) is 0 Å². The van der Waals surface area contributed by atoms with Crippen molar-refractivity contribution in [1.82, 2.24) is 5.06 Å². The van der Waals surface area contributed by atoms with E-state index < -0.39 is 17.8 Å². The lowest BCUT2D eigenvalue weighted by atomic mass is 10.1. The van der Waals surface area contributed by atoms with Gasteiger partial charge < -0.3 is 4.84 Å². The van der Waals surface area contributed by atoms with Crippen molar-refractivity contribution in [2.24, 2.45) is 0 Å². The topological polar surface area (TPSA) is 63.7 Å². The van der Waals surface area contributed by atoms with Crippen molar-refractivity contribution in [2.75, 3.05) is 5.75 Å². The second-order valence-electron chi connectivity index (χ2n) is 4.27. The van der Waals surface area contributed by atoms with Gasteiger partial charge in [-0.05, 0) is 17.4 Å². The van der Waals surface area contributed by atoms with E-state index in [1.165, 1.54) is 23.9 Å². The summed E-state index contributed by atoms with van der Waals surface area (Å²) in [7, 11) is 0. The highest BCUT2D eigenvalue weighted by Crippen LogP contribution is 2.23. The molecule has 5 nitrogen and oxygen atoms in total. The first-order valence-electron chi connectivity index (χ1n) is 5.81. The van der Waals surface area contributed by atoms with Gasteiger partial charge in [0.15, 0.2) is 0 Å². The molecule has 0 N–H and O–H groups in total. The summed E-state index contributed by atoms with van der Waals surface area (Å²) in [6.07, 6.45) is 0. The fourth-order valence-corrected chi connectivity index (χ4v) is 2.14. The van der Waals surface area contributed by atoms with Gasteiger partial charge in [0.25, 0.3) is 11.8 Å². The summed E-state index contributed by atoms with van der Waals surface area (Å²) in [4.78, 5) is 40.2. The molecule has 2 rings (SSSR count). The molecular formula is C13H13NO4S. The number of benzene rings is 1. The molecule has 0 atom stereocenters. The maximum Gasteiger partial charge on any atom is 0.343 e. The van der Waals surface area contributed by atoms with Crippen molar-refractivity contribution in [3.8, 4) is 0 Å². The normalized spacial score (nSPS) is 13.9. The van der Waals surface area contributed by atoms with Crippen LogP contribution in [0.25, 0.3) is 0 Å². The number of hydrogen-bond acceptors (Lipinski definition) is 5. The molecule has 0 saturated carbocycles. The summed E-state index contributed by atoms with van der Waals surface area (Å²) < 4.78 is 0. The number of fused-ring (bicyclic) bond motifs is 1. The Bertz CT molecular complexity index is 506. The molecule has 0 aliphatic carbocycles. The van der Waals surface area contributed by atoms with E-state index in [2.05, 4.69) is 0 Å². The van der Waals surface area contributed by atoms with Crippen molar-refractivity contribution in [2.45, 2.75) is 19.1 Å². The van der Waals surface area contributed by atoms with Crippen molar-refractivity contribution in [3.05, 3.63) is 35.4 Å². The molecule has 0 radical (unpaired) electrons. The van der Waals surface area contributed by atoms with Gasteiger partial charge in [-0.15, -0.1) is 11.8 Å². The van der Waals surface area contributed by atoms with Crippen LogP contribution in [0.3, 0.4) is 0 Å². The predicted molar refractivity (Wildman–Crippen MR) is 70.6 cm³/mol. The van der Waals surface area contributed by atoms with Crippen molar-refractivity contribution < 1.29 is 19.2 Å². The van der Waals surface area contributed by atoms with Crippen LogP contribution in [-0.4, -0.2) is 33.8 Å². The van der Waals surface area contributed by atoms with Crippen molar-refractivity contribution in [1.29, 1.82) is 0 Å². The number of hydrogen-bond donors (Lipinski definition) is 0. The number of carbonyl (C=O) groups excluding carboxylic acids is 3. The number of carbonyl (C=O) groups is 3. The molecule has 1 aliphatic heterocycles. The molecule has 1 aromatic carbocycles. The fraction of sp³-hybridized carbons (Fsp3) is 0.308. The minimum absolute atomic E-state index is 0.102. The molecule has 100 valence electrons. The Balaban J connectivity index is 2.06. The lowest BCUT2D eigenvalue weighted by molar-refractivity contribution is -0.165. The SMILES string of the molecule is CC(C)SCC(=O)ON1C(=O)c2ccccc2C1=O. The van der Waals surface area contributed by atoms with Crippen molar-refractivity contribution in [3.63, 3.8) is 0 Å². The largest absolute Gasteiger partial charge is 0.343 e. The van der Waals surface area contributed by atoms with Gasteiger partial charge in [0, 0.05) is 0 Å². The summed E-state index contributed by atoms with van der Waals surface area (Å²) in [5.74, 6) is -1.69. The van der Waals surface area contributed by atoms with Gasteiger partial charge in [-0.25, -0.2) is 4.79 Å². The highest BCUT2D eigenvalue weighted by molar-refractivity contribution is 8.00. The second-order valence-corrected chi connectivity index (χ2v) is 5.84. The van der Waals surface area contributed by atoms with Crippen LogP contribution in [0.4, 0.5) is 0 Å². The Hall–Kier alpha value is -1.82. The van der Waals surface area contributed by atoms with Gasteiger partial charge in [-0.1, -0.05) is 31.0 Å².